The van der Waals surface area contributed by atoms with Crippen molar-refractivity contribution in [2.45, 2.75) is 6.54 Å². The lowest BCUT2D eigenvalue weighted by Crippen LogP contribution is -2.31. The molecule has 0 unspecified atom stereocenters. The maximum absolute atomic E-state index is 12.2. The van der Waals surface area contributed by atoms with Crippen LogP contribution in [-0.4, -0.2) is 30.4 Å². The van der Waals surface area contributed by atoms with Gasteiger partial charge in [0, 0.05) is 23.6 Å². The van der Waals surface area contributed by atoms with Crippen LogP contribution in [0.2, 0.25) is 10.0 Å². The van der Waals surface area contributed by atoms with Crippen LogP contribution >= 0.6 is 23.2 Å². The fourth-order valence-electron chi connectivity index (χ4n) is 2.07. The molecule has 7 heteroatoms. The van der Waals surface area contributed by atoms with Gasteiger partial charge in [0.1, 0.15) is 5.75 Å². The maximum atomic E-state index is 12.2. The molecule has 126 valence electrons. The van der Waals surface area contributed by atoms with Crippen molar-refractivity contribution in [3.05, 3.63) is 63.6 Å². The van der Waals surface area contributed by atoms with Crippen molar-refractivity contribution in [1.29, 1.82) is 0 Å². The van der Waals surface area contributed by atoms with Gasteiger partial charge in [-0.1, -0.05) is 35.3 Å². The molecule has 2 rings (SSSR count). The highest BCUT2D eigenvalue weighted by Crippen LogP contribution is 2.22. The molecule has 0 heterocycles. The third-order valence-electron chi connectivity index (χ3n) is 3.29. The molecular weight excluding hydrogens is 351 g/mol. The average molecular weight is 367 g/mol. The molecule has 2 amide bonds. The van der Waals surface area contributed by atoms with Crippen molar-refractivity contribution in [3.63, 3.8) is 0 Å². The molecule has 0 saturated carbocycles. The van der Waals surface area contributed by atoms with Gasteiger partial charge in [0.2, 0.25) is 0 Å². The van der Waals surface area contributed by atoms with E-state index in [0.717, 1.165) is 5.56 Å². The number of carbonyl (C=O) groups excluding carboxylic acids is 2. The van der Waals surface area contributed by atoms with Gasteiger partial charge in [-0.15, -0.1) is 0 Å². The first kappa shape index (κ1) is 18.1. The van der Waals surface area contributed by atoms with Crippen molar-refractivity contribution in [3.8, 4) is 5.75 Å². The summed E-state index contributed by atoms with van der Waals surface area (Å²) >= 11 is 11.8. The summed E-state index contributed by atoms with van der Waals surface area (Å²) in [7, 11) is 1.66. The van der Waals surface area contributed by atoms with Crippen LogP contribution in [0.25, 0.3) is 0 Å². The summed E-state index contributed by atoms with van der Waals surface area (Å²) in [6.07, 6.45) is 0. The fraction of sp³-hybridized carbons (Fsp3) is 0.176. The van der Waals surface area contributed by atoms with Gasteiger partial charge in [-0.25, -0.2) is 0 Å². The SMILES string of the molecule is CN(Cc1cccc(Cl)c1)C(=O)COc1ccc(Cl)cc1C(N)=O. The van der Waals surface area contributed by atoms with E-state index in [0.29, 0.717) is 16.6 Å². The highest BCUT2D eigenvalue weighted by molar-refractivity contribution is 6.31. The van der Waals surface area contributed by atoms with E-state index < -0.39 is 5.91 Å². The quantitative estimate of drug-likeness (QED) is 0.853. The third-order valence-corrected chi connectivity index (χ3v) is 3.76. The predicted octanol–water partition coefficient (Wildman–Crippen LogP) is 3.13. The van der Waals surface area contributed by atoms with Crippen LogP contribution in [0.5, 0.6) is 5.75 Å². The summed E-state index contributed by atoms with van der Waals surface area (Å²) in [5.41, 5.74) is 6.32. The number of nitrogens with zero attached hydrogens (tertiary/aromatic N) is 1. The number of benzene rings is 2. The number of nitrogens with two attached hydrogens (primary N) is 1. The van der Waals surface area contributed by atoms with Gasteiger partial charge in [-0.2, -0.15) is 0 Å². The van der Waals surface area contributed by atoms with E-state index in [1.54, 1.807) is 25.2 Å². The number of halogens is 2. The van der Waals surface area contributed by atoms with Crippen molar-refractivity contribution < 1.29 is 14.3 Å². The van der Waals surface area contributed by atoms with Gasteiger partial charge in [0.15, 0.2) is 6.61 Å². The highest BCUT2D eigenvalue weighted by atomic mass is 35.5. The summed E-state index contributed by atoms with van der Waals surface area (Å²) in [5.74, 6) is -0.705. The highest BCUT2D eigenvalue weighted by Gasteiger charge is 2.14. The van der Waals surface area contributed by atoms with Crippen LogP contribution < -0.4 is 10.5 Å². The van der Waals surface area contributed by atoms with Gasteiger partial charge >= 0.3 is 0 Å². The second-order valence-corrected chi connectivity index (χ2v) is 6.05. The van der Waals surface area contributed by atoms with Crippen LogP contribution in [0.4, 0.5) is 0 Å². The predicted molar refractivity (Wildman–Crippen MR) is 93.4 cm³/mol. The molecule has 0 saturated heterocycles. The molecule has 5 nitrogen and oxygen atoms in total. The van der Waals surface area contributed by atoms with Crippen LogP contribution in [0, 0.1) is 0 Å². The molecule has 2 aromatic carbocycles. The number of amides is 2. The normalized spacial score (nSPS) is 10.3. The van der Waals surface area contributed by atoms with Gasteiger partial charge < -0.3 is 15.4 Å². The van der Waals surface area contributed by atoms with E-state index in [4.69, 9.17) is 33.7 Å². The van der Waals surface area contributed by atoms with E-state index in [9.17, 15) is 9.59 Å². The zero-order chi connectivity index (χ0) is 17.7. The number of primary amides is 1. The van der Waals surface area contributed by atoms with E-state index >= 15 is 0 Å². The lowest BCUT2D eigenvalue weighted by Gasteiger charge is -2.18. The Morgan fingerprint density at radius 2 is 1.83 bits per heavy atom. The molecule has 0 atom stereocenters. The fourth-order valence-corrected chi connectivity index (χ4v) is 2.45. The minimum absolute atomic E-state index is 0.132. The van der Waals surface area contributed by atoms with E-state index in [2.05, 4.69) is 0 Å². The smallest absolute Gasteiger partial charge is 0.260 e. The number of carbonyl (C=O) groups is 2. The molecule has 0 aromatic heterocycles. The van der Waals surface area contributed by atoms with Crippen molar-refractivity contribution >= 4 is 35.0 Å². The summed E-state index contributed by atoms with van der Waals surface area (Å²) in [6.45, 7) is 0.172. The molecule has 0 aliphatic heterocycles. The largest absolute Gasteiger partial charge is 0.483 e. The number of rotatable bonds is 6. The van der Waals surface area contributed by atoms with Crippen LogP contribution in [-0.2, 0) is 11.3 Å². The standard InChI is InChI=1S/C17H16Cl2N2O3/c1-21(9-11-3-2-4-12(18)7-11)16(22)10-24-15-6-5-13(19)8-14(15)17(20)23/h2-8H,9-10H2,1H3,(H2,20,23). The Morgan fingerprint density at radius 3 is 2.50 bits per heavy atom. The Hall–Kier alpha value is -2.24. The van der Waals surface area contributed by atoms with Gasteiger partial charge in [-0.05, 0) is 35.9 Å². The molecule has 0 radical (unpaired) electrons. The van der Waals surface area contributed by atoms with Crippen molar-refractivity contribution in [2.24, 2.45) is 5.73 Å². The van der Waals surface area contributed by atoms with Crippen LogP contribution in [0.1, 0.15) is 15.9 Å². The molecule has 0 aliphatic rings. The molecule has 2 aromatic rings. The van der Waals surface area contributed by atoms with Crippen molar-refractivity contribution in [1.82, 2.24) is 4.90 Å². The summed E-state index contributed by atoms with van der Waals surface area (Å²) < 4.78 is 5.42. The zero-order valence-corrected chi connectivity index (χ0v) is 14.5. The topological polar surface area (TPSA) is 72.6 Å². The number of ether oxygens (including phenoxy) is 1. The number of likely N-dealkylation sites (N-methyl/N-ethyl adjacent to an activating group) is 1. The third kappa shape index (κ3) is 4.88. The van der Waals surface area contributed by atoms with Gasteiger partial charge in [0.25, 0.3) is 11.8 Å². The summed E-state index contributed by atoms with van der Waals surface area (Å²) in [4.78, 5) is 25.1. The van der Waals surface area contributed by atoms with E-state index in [1.807, 2.05) is 12.1 Å². The van der Waals surface area contributed by atoms with Crippen LogP contribution in [0.3, 0.4) is 0 Å². The first-order chi connectivity index (χ1) is 11.4. The Balaban J connectivity index is 1.99. The zero-order valence-electron chi connectivity index (χ0n) is 13.0. The molecular formula is C17H16Cl2N2O3. The molecule has 0 aliphatic carbocycles. The number of hydrogen-bond acceptors (Lipinski definition) is 3. The summed E-state index contributed by atoms with van der Waals surface area (Å²) in [5, 5.41) is 0.970. The van der Waals surface area contributed by atoms with Gasteiger partial charge in [0.05, 0.1) is 5.56 Å². The second kappa shape index (κ2) is 8.04. The molecule has 0 fully saturated rings. The van der Waals surface area contributed by atoms with E-state index in [1.165, 1.54) is 17.0 Å². The molecule has 0 spiro atoms. The Labute approximate surface area is 149 Å². The van der Waals surface area contributed by atoms with E-state index in [-0.39, 0.29) is 23.8 Å². The minimum atomic E-state index is -0.674. The van der Waals surface area contributed by atoms with Gasteiger partial charge in [-0.3, -0.25) is 9.59 Å². The Kier molecular flexibility index (Phi) is 6.06. The summed E-state index contributed by atoms with van der Waals surface area (Å²) in [6, 6.07) is 11.7. The first-order valence-corrected chi connectivity index (χ1v) is 7.83. The average Bonchev–Trinajstić information content (AvgIpc) is 2.53. The molecule has 2 N–H and O–H groups in total. The lowest BCUT2D eigenvalue weighted by molar-refractivity contribution is -0.132. The number of hydrogen-bond donors (Lipinski definition) is 1. The maximum Gasteiger partial charge on any atom is 0.260 e. The first-order valence-electron chi connectivity index (χ1n) is 7.07. The van der Waals surface area contributed by atoms with Crippen LogP contribution in [0.15, 0.2) is 42.5 Å². The Bertz CT molecular complexity index is 765. The monoisotopic (exact) mass is 366 g/mol. The Morgan fingerprint density at radius 1 is 1.12 bits per heavy atom. The second-order valence-electron chi connectivity index (χ2n) is 5.17. The van der Waals surface area contributed by atoms with Crippen molar-refractivity contribution in [2.75, 3.05) is 13.7 Å². The molecule has 0 bridgehead atoms. The minimum Gasteiger partial charge on any atom is -0.483 e. The molecule has 24 heavy (non-hydrogen) atoms. The lowest BCUT2D eigenvalue weighted by atomic mass is 10.2.